The molecule has 39 heavy (non-hydrogen) atoms. The standard InChI is InChI=1S/C27H40N3O6P3/c1-7-31-37(34-25-16-10-13-22(4)19-25)28-38(32-8-2,35-26-17-11-14-23(5)20-26)30-39(29-37,33-9-3)36-27-18-12-15-24(6)21-27/h10-21,28-29,37-38H,7-9H2,1-6H3. The van der Waals surface area contributed by atoms with Crippen molar-refractivity contribution in [2.24, 2.45) is 4.52 Å². The van der Waals surface area contributed by atoms with Crippen molar-refractivity contribution in [1.82, 2.24) is 9.72 Å². The first kappa shape index (κ1) is 29.9. The number of hydrogen-bond acceptors (Lipinski definition) is 9. The van der Waals surface area contributed by atoms with Gasteiger partial charge in [-0.15, -0.1) is 0 Å². The van der Waals surface area contributed by atoms with E-state index in [4.69, 9.17) is 31.7 Å². The minimum atomic E-state index is -3.70. The van der Waals surface area contributed by atoms with Gasteiger partial charge in [-0.05, 0) is 0 Å². The average Bonchev–Trinajstić information content (AvgIpc) is 2.84. The zero-order chi connectivity index (χ0) is 27.9. The molecular formula is C27H40N3O6P3. The molecule has 3 aromatic rings. The number of nitrogens with zero attached hydrogens (tertiary/aromatic N) is 1. The maximum atomic E-state index is 6.67. The van der Waals surface area contributed by atoms with Crippen LogP contribution in [0.2, 0.25) is 0 Å². The second-order valence-corrected chi connectivity index (χ2v) is 16.6. The summed E-state index contributed by atoms with van der Waals surface area (Å²) in [6, 6.07) is 23.3. The molecule has 3 aromatic carbocycles. The van der Waals surface area contributed by atoms with E-state index >= 15 is 0 Å². The molecule has 0 radical (unpaired) electrons. The van der Waals surface area contributed by atoms with Crippen molar-refractivity contribution < 1.29 is 27.1 Å². The minimum absolute atomic E-state index is 0.332. The monoisotopic (exact) mass is 595 g/mol. The molecule has 0 amide bonds. The quantitative estimate of drug-likeness (QED) is 0.203. The van der Waals surface area contributed by atoms with Crippen LogP contribution in [-0.4, -0.2) is 19.8 Å². The van der Waals surface area contributed by atoms with Crippen LogP contribution >= 0.6 is 23.7 Å². The van der Waals surface area contributed by atoms with Crippen LogP contribution in [-0.2, 0) is 13.6 Å². The van der Waals surface area contributed by atoms with Crippen molar-refractivity contribution in [1.29, 1.82) is 0 Å². The maximum absolute atomic E-state index is 6.67. The van der Waals surface area contributed by atoms with Crippen LogP contribution in [0.3, 0.4) is 0 Å². The second-order valence-electron chi connectivity index (χ2n) is 9.08. The van der Waals surface area contributed by atoms with Crippen molar-refractivity contribution in [3.63, 3.8) is 0 Å². The number of nitrogens with one attached hydrogen (secondary N) is 2. The van der Waals surface area contributed by atoms with E-state index in [1.165, 1.54) is 0 Å². The molecule has 1 unspecified atom stereocenters. The van der Waals surface area contributed by atoms with Gasteiger partial charge in [0.25, 0.3) is 0 Å². The fourth-order valence-electron chi connectivity index (χ4n) is 4.13. The molecule has 1 heterocycles. The summed E-state index contributed by atoms with van der Waals surface area (Å²) in [6.07, 6.45) is 0. The Morgan fingerprint density at radius 2 is 1.23 bits per heavy atom. The van der Waals surface area contributed by atoms with E-state index in [9.17, 15) is 0 Å². The van der Waals surface area contributed by atoms with E-state index in [2.05, 4.69) is 9.72 Å². The average molecular weight is 596 g/mol. The third-order valence-corrected chi connectivity index (χ3v) is 16.1. The third kappa shape index (κ3) is 7.79. The number of aryl methyl sites for hydroxylation is 3. The second kappa shape index (κ2) is 13.1. The first-order valence-electron chi connectivity index (χ1n) is 13.1. The summed E-state index contributed by atoms with van der Waals surface area (Å²) in [5, 5.41) is 0. The molecule has 0 aromatic heterocycles. The van der Waals surface area contributed by atoms with Gasteiger partial charge in [-0.25, -0.2) is 0 Å². The van der Waals surface area contributed by atoms with Crippen molar-refractivity contribution in [3.05, 3.63) is 89.5 Å². The predicted octanol–water partition coefficient (Wildman–Crippen LogP) is 8.22. The molecule has 214 valence electrons. The van der Waals surface area contributed by atoms with Crippen LogP contribution in [0.1, 0.15) is 37.5 Å². The van der Waals surface area contributed by atoms with Gasteiger partial charge in [-0.3, -0.25) is 0 Å². The molecule has 0 saturated carbocycles. The van der Waals surface area contributed by atoms with Crippen LogP contribution in [0.5, 0.6) is 17.2 Å². The Hall–Kier alpha value is -2.05. The number of hydrogen-bond donors (Lipinski definition) is 2. The molecule has 0 saturated heterocycles. The molecule has 1 aliphatic heterocycles. The van der Waals surface area contributed by atoms with Crippen molar-refractivity contribution >= 4 is 23.7 Å². The van der Waals surface area contributed by atoms with Crippen molar-refractivity contribution in [2.45, 2.75) is 41.5 Å². The molecule has 1 aliphatic rings. The molecule has 0 spiro atoms. The topological polar surface area (TPSA) is 91.8 Å². The van der Waals surface area contributed by atoms with Gasteiger partial charge in [0.05, 0.1) is 0 Å². The normalized spacial score (nSPS) is 21.3. The van der Waals surface area contributed by atoms with Crippen LogP contribution < -0.4 is 23.3 Å². The Labute approximate surface area is 233 Å². The summed E-state index contributed by atoms with van der Waals surface area (Å²) in [6.45, 7) is 12.8. The SMILES string of the molecule is CCOP1(Oc2cccc(C)c2)=N[PH](OCC)(Oc2cccc(C)c2)N[PH](OCC)(Oc2cccc(C)c2)N1. The predicted molar refractivity (Wildman–Crippen MR) is 163 cm³/mol. The molecule has 1 atom stereocenters. The van der Waals surface area contributed by atoms with E-state index in [-0.39, 0.29) is 0 Å². The van der Waals surface area contributed by atoms with E-state index in [0.29, 0.717) is 37.1 Å². The summed E-state index contributed by atoms with van der Waals surface area (Å²) in [4.78, 5) is 6.99. The molecule has 12 heteroatoms. The number of benzene rings is 3. The van der Waals surface area contributed by atoms with Gasteiger partial charge in [0, 0.05) is 0 Å². The van der Waals surface area contributed by atoms with E-state index in [0.717, 1.165) is 16.7 Å². The van der Waals surface area contributed by atoms with Gasteiger partial charge in [-0.2, -0.15) is 0 Å². The van der Waals surface area contributed by atoms with E-state index in [1.54, 1.807) is 0 Å². The zero-order valence-corrected chi connectivity index (χ0v) is 26.3. The zero-order valence-electron chi connectivity index (χ0n) is 23.4. The molecular weight excluding hydrogens is 555 g/mol. The fraction of sp³-hybridized carbons (Fsp3) is 0.333. The van der Waals surface area contributed by atoms with Crippen molar-refractivity contribution in [2.75, 3.05) is 19.8 Å². The summed E-state index contributed by atoms with van der Waals surface area (Å²) >= 11 is 0. The van der Waals surface area contributed by atoms with Gasteiger partial charge >= 0.3 is 233 Å². The Morgan fingerprint density at radius 3 is 1.77 bits per heavy atom. The van der Waals surface area contributed by atoms with Gasteiger partial charge < -0.3 is 0 Å². The molecule has 4 rings (SSSR count). The number of rotatable bonds is 12. The first-order valence-corrected chi connectivity index (χ1v) is 18.3. The first-order chi connectivity index (χ1) is 18.7. The van der Waals surface area contributed by atoms with Gasteiger partial charge in [0.1, 0.15) is 0 Å². The van der Waals surface area contributed by atoms with Crippen LogP contribution in [0.15, 0.2) is 77.3 Å². The fourth-order valence-corrected chi connectivity index (χ4v) is 16.0. The molecule has 2 N–H and O–H groups in total. The molecule has 0 bridgehead atoms. The summed E-state index contributed by atoms with van der Waals surface area (Å²) < 4.78 is 44.2. The Bertz CT molecular complexity index is 1330. The van der Waals surface area contributed by atoms with Gasteiger partial charge in [-0.1, -0.05) is 0 Å². The molecule has 0 fully saturated rings. The summed E-state index contributed by atoms with van der Waals surface area (Å²) in [5.41, 5.74) is 3.15. The Kier molecular flexibility index (Phi) is 10.0. The summed E-state index contributed by atoms with van der Waals surface area (Å²) in [5.74, 6) is 1.87. The van der Waals surface area contributed by atoms with E-state index in [1.807, 2.05) is 114 Å². The van der Waals surface area contributed by atoms with Gasteiger partial charge in [0.2, 0.25) is 0 Å². The van der Waals surface area contributed by atoms with E-state index < -0.39 is 23.7 Å². The Balaban J connectivity index is 1.90. The van der Waals surface area contributed by atoms with Crippen molar-refractivity contribution in [3.8, 4) is 17.2 Å². The molecule has 9 nitrogen and oxygen atoms in total. The van der Waals surface area contributed by atoms with Crippen LogP contribution in [0, 0.1) is 20.8 Å². The molecule has 0 aliphatic carbocycles. The van der Waals surface area contributed by atoms with Gasteiger partial charge in [0.15, 0.2) is 0 Å². The van der Waals surface area contributed by atoms with Crippen LogP contribution in [0.4, 0.5) is 0 Å². The summed E-state index contributed by atoms with van der Waals surface area (Å²) in [7, 11) is -10.6. The third-order valence-electron chi connectivity index (χ3n) is 5.58. The van der Waals surface area contributed by atoms with Crippen LogP contribution in [0.25, 0.3) is 0 Å². The Morgan fingerprint density at radius 1 is 0.692 bits per heavy atom.